The number of aromatic nitrogens is 1. The second kappa shape index (κ2) is 8.35. The Morgan fingerprint density at radius 1 is 0.857 bits per heavy atom. The lowest BCUT2D eigenvalue weighted by Crippen LogP contribution is -2.23. The van der Waals surface area contributed by atoms with Gasteiger partial charge in [0, 0.05) is 24.5 Å². The summed E-state index contributed by atoms with van der Waals surface area (Å²) in [5, 5.41) is 5.24. The van der Waals surface area contributed by atoms with Crippen molar-refractivity contribution in [3.05, 3.63) is 108 Å². The van der Waals surface area contributed by atoms with Crippen LogP contribution in [0.25, 0.3) is 10.8 Å². The van der Waals surface area contributed by atoms with E-state index in [4.69, 9.17) is 4.74 Å². The van der Waals surface area contributed by atoms with Gasteiger partial charge in [-0.2, -0.15) is 0 Å². The molecule has 4 nitrogen and oxygen atoms in total. The third-order valence-electron chi connectivity index (χ3n) is 4.49. The van der Waals surface area contributed by atoms with E-state index in [0.717, 1.165) is 22.3 Å². The fraction of sp³-hybridized carbons (Fsp3) is 0.0833. The smallest absolute Gasteiger partial charge is 0.251 e. The molecular weight excluding hydrogens is 348 g/mol. The van der Waals surface area contributed by atoms with Gasteiger partial charge in [0.2, 0.25) is 0 Å². The molecule has 0 aliphatic rings. The normalized spacial score (nSPS) is 10.6. The Morgan fingerprint density at radius 3 is 2.57 bits per heavy atom. The van der Waals surface area contributed by atoms with Crippen LogP contribution in [0, 0.1) is 0 Å². The van der Waals surface area contributed by atoms with Gasteiger partial charge in [-0.3, -0.25) is 9.78 Å². The van der Waals surface area contributed by atoms with Gasteiger partial charge in [-0.05, 0) is 52.2 Å². The van der Waals surface area contributed by atoms with E-state index in [1.807, 2.05) is 60.7 Å². The molecule has 1 N–H and O–H groups in total. The van der Waals surface area contributed by atoms with Crippen LogP contribution in [-0.4, -0.2) is 10.9 Å². The van der Waals surface area contributed by atoms with Crippen molar-refractivity contribution in [2.45, 2.75) is 13.2 Å². The number of rotatable bonds is 6. The lowest BCUT2D eigenvalue weighted by atomic mass is 10.1. The van der Waals surface area contributed by atoms with Crippen molar-refractivity contribution in [2.75, 3.05) is 0 Å². The van der Waals surface area contributed by atoms with Gasteiger partial charge in [0.1, 0.15) is 12.4 Å². The van der Waals surface area contributed by atoms with Crippen LogP contribution in [0.3, 0.4) is 0 Å². The van der Waals surface area contributed by atoms with Crippen molar-refractivity contribution in [3.63, 3.8) is 0 Å². The van der Waals surface area contributed by atoms with Crippen molar-refractivity contribution < 1.29 is 9.53 Å². The molecule has 0 saturated carbocycles. The average Bonchev–Trinajstić information content (AvgIpc) is 2.77. The van der Waals surface area contributed by atoms with Crippen LogP contribution in [0.4, 0.5) is 0 Å². The third kappa shape index (κ3) is 4.35. The molecule has 4 aromatic rings. The lowest BCUT2D eigenvalue weighted by molar-refractivity contribution is 0.0950. The maximum absolute atomic E-state index is 12.4. The SMILES string of the molecule is O=C(NCc1cccnc1)c1cccc(COc2ccc3ccccc3c2)c1. The first-order valence-electron chi connectivity index (χ1n) is 9.15. The van der Waals surface area contributed by atoms with Crippen LogP contribution in [0.1, 0.15) is 21.5 Å². The van der Waals surface area contributed by atoms with E-state index in [0.29, 0.717) is 18.7 Å². The van der Waals surface area contributed by atoms with Gasteiger partial charge in [0.25, 0.3) is 5.91 Å². The van der Waals surface area contributed by atoms with Gasteiger partial charge in [0.05, 0.1) is 0 Å². The molecular formula is C24H20N2O2. The summed E-state index contributed by atoms with van der Waals surface area (Å²) >= 11 is 0. The van der Waals surface area contributed by atoms with Crippen molar-refractivity contribution in [1.82, 2.24) is 10.3 Å². The summed E-state index contributed by atoms with van der Waals surface area (Å²) in [6.07, 6.45) is 3.46. The number of fused-ring (bicyclic) bond motifs is 1. The number of amides is 1. The molecule has 0 saturated heterocycles. The minimum atomic E-state index is -0.114. The predicted molar refractivity (Wildman–Crippen MR) is 110 cm³/mol. The maximum Gasteiger partial charge on any atom is 0.251 e. The highest BCUT2D eigenvalue weighted by atomic mass is 16.5. The fourth-order valence-electron chi connectivity index (χ4n) is 3.01. The van der Waals surface area contributed by atoms with Crippen LogP contribution in [0.15, 0.2) is 91.3 Å². The minimum absolute atomic E-state index is 0.114. The first-order valence-corrected chi connectivity index (χ1v) is 9.15. The summed E-state index contributed by atoms with van der Waals surface area (Å²) in [5.74, 6) is 0.696. The van der Waals surface area contributed by atoms with Crippen molar-refractivity contribution in [2.24, 2.45) is 0 Å². The van der Waals surface area contributed by atoms with Gasteiger partial charge in [0.15, 0.2) is 0 Å². The number of carbonyl (C=O) groups is 1. The summed E-state index contributed by atoms with van der Waals surface area (Å²) in [4.78, 5) is 16.5. The predicted octanol–water partition coefficient (Wildman–Crippen LogP) is 4.74. The zero-order chi connectivity index (χ0) is 19.2. The van der Waals surface area contributed by atoms with E-state index < -0.39 is 0 Å². The van der Waals surface area contributed by atoms with E-state index in [2.05, 4.69) is 22.4 Å². The van der Waals surface area contributed by atoms with E-state index in [9.17, 15) is 4.79 Å². The first-order chi connectivity index (χ1) is 13.8. The van der Waals surface area contributed by atoms with Gasteiger partial charge in [-0.1, -0.05) is 48.5 Å². The quantitative estimate of drug-likeness (QED) is 0.535. The topological polar surface area (TPSA) is 51.2 Å². The van der Waals surface area contributed by atoms with Gasteiger partial charge in [-0.25, -0.2) is 0 Å². The van der Waals surface area contributed by atoms with Crippen LogP contribution >= 0.6 is 0 Å². The molecule has 3 aromatic carbocycles. The number of hydrogen-bond donors (Lipinski definition) is 1. The highest BCUT2D eigenvalue weighted by molar-refractivity contribution is 5.94. The second-order valence-corrected chi connectivity index (χ2v) is 6.54. The molecule has 1 heterocycles. The second-order valence-electron chi connectivity index (χ2n) is 6.54. The maximum atomic E-state index is 12.4. The highest BCUT2D eigenvalue weighted by Crippen LogP contribution is 2.21. The molecule has 0 unspecified atom stereocenters. The third-order valence-corrected chi connectivity index (χ3v) is 4.49. The molecule has 28 heavy (non-hydrogen) atoms. The van der Waals surface area contributed by atoms with Gasteiger partial charge >= 0.3 is 0 Å². The fourth-order valence-corrected chi connectivity index (χ4v) is 3.01. The molecule has 0 aliphatic heterocycles. The molecule has 4 heteroatoms. The van der Waals surface area contributed by atoms with E-state index >= 15 is 0 Å². The zero-order valence-corrected chi connectivity index (χ0v) is 15.3. The number of carbonyl (C=O) groups excluding carboxylic acids is 1. The average molecular weight is 368 g/mol. The standard InChI is InChI=1S/C24H20N2O2/c27-24(26-16-19-6-4-12-25-15-19)22-9-3-5-18(13-22)17-28-23-11-10-20-7-1-2-8-21(20)14-23/h1-15H,16-17H2,(H,26,27). The molecule has 0 aliphatic carbocycles. The highest BCUT2D eigenvalue weighted by Gasteiger charge is 2.07. The number of nitrogens with one attached hydrogen (secondary N) is 1. The molecule has 0 bridgehead atoms. The monoisotopic (exact) mass is 368 g/mol. The molecule has 1 aromatic heterocycles. The summed E-state index contributed by atoms with van der Waals surface area (Å²) in [7, 11) is 0. The number of pyridine rings is 1. The number of hydrogen-bond acceptors (Lipinski definition) is 3. The molecule has 0 fully saturated rings. The molecule has 0 atom stereocenters. The zero-order valence-electron chi connectivity index (χ0n) is 15.3. The lowest BCUT2D eigenvalue weighted by Gasteiger charge is -2.09. The summed E-state index contributed by atoms with van der Waals surface area (Å²) in [5.41, 5.74) is 2.53. The molecule has 138 valence electrons. The Bertz CT molecular complexity index is 1090. The van der Waals surface area contributed by atoms with Crippen molar-refractivity contribution in [1.29, 1.82) is 0 Å². The molecule has 0 radical (unpaired) electrons. The molecule has 4 rings (SSSR count). The Morgan fingerprint density at radius 2 is 1.71 bits per heavy atom. The van der Waals surface area contributed by atoms with Crippen LogP contribution in [0.5, 0.6) is 5.75 Å². The Kier molecular flexibility index (Phi) is 5.29. The number of nitrogens with zero attached hydrogens (tertiary/aromatic N) is 1. The van der Waals surface area contributed by atoms with E-state index in [-0.39, 0.29) is 5.91 Å². The van der Waals surface area contributed by atoms with Crippen LogP contribution in [0.2, 0.25) is 0 Å². The molecule has 1 amide bonds. The van der Waals surface area contributed by atoms with Gasteiger partial charge < -0.3 is 10.1 Å². The van der Waals surface area contributed by atoms with E-state index in [1.165, 1.54) is 5.39 Å². The summed E-state index contributed by atoms with van der Waals surface area (Å²) in [6.45, 7) is 0.854. The largest absolute Gasteiger partial charge is 0.489 e. The van der Waals surface area contributed by atoms with Crippen LogP contribution < -0.4 is 10.1 Å². The summed E-state index contributed by atoms with van der Waals surface area (Å²) < 4.78 is 5.92. The van der Waals surface area contributed by atoms with Gasteiger partial charge in [-0.15, -0.1) is 0 Å². The number of ether oxygens (including phenoxy) is 1. The Labute approximate surface area is 163 Å². The van der Waals surface area contributed by atoms with Crippen molar-refractivity contribution >= 4 is 16.7 Å². The Hall–Kier alpha value is -3.66. The minimum Gasteiger partial charge on any atom is -0.489 e. The van der Waals surface area contributed by atoms with Crippen LogP contribution in [-0.2, 0) is 13.2 Å². The first kappa shape index (κ1) is 17.7. The van der Waals surface area contributed by atoms with E-state index in [1.54, 1.807) is 18.5 Å². The molecule has 0 spiro atoms. The van der Waals surface area contributed by atoms with Crippen molar-refractivity contribution in [3.8, 4) is 5.75 Å². The Balaban J connectivity index is 1.39. The summed E-state index contributed by atoms with van der Waals surface area (Å²) in [6, 6.07) is 25.5. The number of benzene rings is 3.